The van der Waals surface area contributed by atoms with Gasteiger partial charge >= 0.3 is 0 Å². The van der Waals surface area contributed by atoms with E-state index in [0.717, 1.165) is 25.7 Å². The highest BCUT2D eigenvalue weighted by Crippen LogP contribution is 2.23. The summed E-state index contributed by atoms with van der Waals surface area (Å²) < 4.78 is 13.3. The van der Waals surface area contributed by atoms with Crippen LogP contribution in [0.15, 0.2) is 36.5 Å². The molecule has 0 atom stereocenters. The molecule has 0 bridgehead atoms. The molecule has 0 unspecified atom stereocenters. The molecule has 1 aromatic heterocycles. The van der Waals surface area contributed by atoms with Crippen molar-refractivity contribution < 1.29 is 14.0 Å². The third-order valence-electron chi connectivity index (χ3n) is 5.01. The molecule has 1 aromatic carbocycles. The first-order valence-corrected chi connectivity index (χ1v) is 9.91. The van der Waals surface area contributed by atoms with Gasteiger partial charge in [-0.15, -0.1) is 12.4 Å². The molecule has 0 aliphatic heterocycles. The van der Waals surface area contributed by atoms with E-state index < -0.39 is 5.82 Å². The van der Waals surface area contributed by atoms with E-state index in [9.17, 15) is 14.0 Å². The van der Waals surface area contributed by atoms with E-state index in [1.165, 1.54) is 23.1 Å². The SMILES string of the molecule is CN(C)C(=O)c1ccnc(NC2CCC(NC(=O)c3ccc(F)c(Cl)c3)CC2)c1.Cl. The number of nitrogens with zero attached hydrogens (tertiary/aromatic N) is 2. The number of carbonyl (C=O) groups excluding carboxylic acids is 2. The Kier molecular flexibility index (Phi) is 8.43. The summed E-state index contributed by atoms with van der Waals surface area (Å²) in [6.45, 7) is 0. The molecule has 2 N–H and O–H groups in total. The lowest BCUT2D eigenvalue weighted by atomic mass is 9.91. The van der Waals surface area contributed by atoms with Gasteiger partial charge in [-0.2, -0.15) is 0 Å². The van der Waals surface area contributed by atoms with Gasteiger partial charge in [-0.05, 0) is 56.0 Å². The Balaban J connectivity index is 0.00000320. The number of aromatic nitrogens is 1. The largest absolute Gasteiger partial charge is 0.367 e. The van der Waals surface area contributed by atoms with Crippen molar-refractivity contribution in [3.8, 4) is 0 Å². The molecule has 30 heavy (non-hydrogen) atoms. The molecule has 0 spiro atoms. The van der Waals surface area contributed by atoms with Crippen molar-refractivity contribution in [3.05, 3.63) is 58.5 Å². The minimum atomic E-state index is -0.542. The minimum Gasteiger partial charge on any atom is -0.367 e. The van der Waals surface area contributed by atoms with Crippen LogP contribution in [0.25, 0.3) is 0 Å². The molecule has 162 valence electrons. The van der Waals surface area contributed by atoms with Gasteiger partial charge in [0.15, 0.2) is 0 Å². The average molecular weight is 455 g/mol. The molecule has 0 saturated heterocycles. The van der Waals surface area contributed by atoms with Crippen LogP contribution in [-0.2, 0) is 0 Å². The quantitative estimate of drug-likeness (QED) is 0.711. The average Bonchev–Trinajstić information content (AvgIpc) is 2.71. The van der Waals surface area contributed by atoms with Crippen molar-refractivity contribution >= 4 is 41.6 Å². The Morgan fingerprint density at radius 1 is 1.07 bits per heavy atom. The van der Waals surface area contributed by atoms with Gasteiger partial charge in [0.1, 0.15) is 11.6 Å². The zero-order chi connectivity index (χ0) is 21.0. The summed E-state index contributed by atoms with van der Waals surface area (Å²) in [4.78, 5) is 30.3. The van der Waals surface area contributed by atoms with Gasteiger partial charge in [-0.3, -0.25) is 9.59 Å². The van der Waals surface area contributed by atoms with Gasteiger partial charge in [-0.25, -0.2) is 9.37 Å². The minimum absolute atomic E-state index is 0. The molecule has 1 saturated carbocycles. The molecule has 1 aliphatic rings. The molecule has 1 aliphatic carbocycles. The molecule has 0 radical (unpaired) electrons. The van der Waals surface area contributed by atoms with Gasteiger partial charge in [0.05, 0.1) is 5.02 Å². The number of benzene rings is 1. The van der Waals surface area contributed by atoms with Crippen LogP contribution in [0.4, 0.5) is 10.2 Å². The predicted octanol–water partition coefficient (Wildman–Crippen LogP) is 4.15. The number of rotatable bonds is 5. The Bertz CT molecular complexity index is 902. The van der Waals surface area contributed by atoms with Gasteiger partial charge < -0.3 is 15.5 Å². The van der Waals surface area contributed by atoms with Crippen molar-refractivity contribution in [3.63, 3.8) is 0 Å². The number of halogens is 3. The van der Waals surface area contributed by atoms with E-state index in [1.807, 2.05) is 0 Å². The molecule has 2 aromatic rings. The van der Waals surface area contributed by atoms with Crippen LogP contribution in [0.2, 0.25) is 5.02 Å². The molecule has 1 heterocycles. The van der Waals surface area contributed by atoms with Crippen molar-refractivity contribution in [2.24, 2.45) is 0 Å². The number of carbonyl (C=O) groups is 2. The second-order valence-corrected chi connectivity index (χ2v) is 7.83. The first-order valence-electron chi connectivity index (χ1n) is 9.53. The van der Waals surface area contributed by atoms with E-state index in [0.29, 0.717) is 16.9 Å². The summed E-state index contributed by atoms with van der Waals surface area (Å²) in [7, 11) is 3.43. The van der Waals surface area contributed by atoms with Crippen LogP contribution in [0.5, 0.6) is 0 Å². The zero-order valence-corrected chi connectivity index (χ0v) is 18.4. The molecular formula is C21H25Cl2FN4O2. The second kappa shape index (κ2) is 10.6. The topological polar surface area (TPSA) is 74.3 Å². The molecule has 6 nitrogen and oxygen atoms in total. The predicted molar refractivity (Wildman–Crippen MR) is 118 cm³/mol. The van der Waals surface area contributed by atoms with Crippen molar-refractivity contribution in [2.45, 2.75) is 37.8 Å². The van der Waals surface area contributed by atoms with E-state index >= 15 is 0 Å². The monoisotopic (exact) mass is 454 g/mol. The normalized spacial score (nSPS) is 18.1. The van der Waals surface area contributed by atoms with Crippen molar-refractivity contribution in [2.75, 3.05) is 19.4 Å². The Morgan fingerprint density at radius 2 is 1.73 bits per heavy atom. The lowest BCUT2D eigenvalue weighted by Gasteiger charge is -2.30. The van der Waals surface area contributed by atoms with E-state index in [-0.39, 0.29) is 41.3 Å². The van der Waals surface area contributed by atoms with Gasteiger partial charge in [0, 0.05) is 43.5 Å². The highest BCUT2D eigenvalue weighted by molar-refractivity contribution is 6.31. The standard InChI is InChI=1S/C21H24ClFN4O2.ClH/c1-27(2)21(29)14-9-10-24-19(12-14)25-15-4-6-16(7-5-15)26-20(28)13-3-8-18(23)17(22)11-13;/h3,8-12,15-16H,4-7H2,1-2H3,(H,24,25)(H,26,28);1H. The molecule has 9 heteroatoms. The van der Waals surface area contributed by atoms with E-state index in [4.69, 9.17) is 11.6 Å². The summed E-state index contributed by atoms with van der Waals surface area (Å²) in [6, 6.07) is 7.69. The van der Waals surface area contributed by atoms with Crippen LogP contribution in [0, 0.1) is 5.82 Å². The van der Waals surface area contributed by atoms with E-state index in [2.05, 4.69) is 15.6 Å². The van der Waals surface area contributed by atoms with Crippen molar-refractivity contribution in [1.29, 1.82) is 0 Å². The number of nitrogens with one attached hydrogen (secondary N) is 2. The number of hydrogen-bond acceptors (Lipinski definition) is 4. The fourth-order valence-electron chi connectivity index (χ4n) is 3.40. The third-order valence-corrected chi connectivity index (χ3v) is 5.30. The maximum absolute atomic E-state index is 13.3. The zero-order valence-electron chi connectivity index (χ0n) is 16.8. The van der Waals surface area contributed by atoms with Gasteiger partial charge in [-0.1, -0.05) is 11.6 Å². The highest BCUT2D eigenvalue weighted by Gasteiger charge is 2.23. The lowest BCUT2D eigenvalue weighted by Crippen LogP contribution is -2.40. The van der Waals surface area contributed by atoms with Gasteiger partial charge in [0.25, 0.3) is 11.8 Å². The van der Waals surface area contributed by atoms with Crippen LogP contribution in [-0.4, -0.2) is 47.9 Å². The van der Waals surface area contributed by atoms with Crippen molar-refractivity contribution in [1.82, 2.24) is 15.2 Å². The number of anilines is 1. The summed E-state index contributed by atoms with van der Waals surface area (Å²) in [5.74, 6) is -0.187. The second-order valence-electron chi connectivity index (χ2n) is 7.42. The Hall–Kier alpha value is -2.38. The summed E-state index contributed by atoms with van der Waals surface area (Å²) in [6.07, 6.45) is 4.98. The van der Waals surface area contributed by atoms with E-state index in [1.54, 1.807) is 32.4 Å². The molecule has 1 fully saturated rings. The highest BCUT2D eigenvalue weighted by atomic mass is 35.5. The molecule has 3 rings (SSSR count). The van der Waals surface area contributed by atoms with Crippen LogP contribution in [0.1, 0.15) is 46.4 Å². The van der Waals surface area contributed by atoms with Crippen LogP contribution < -0.4 is 10.6 Å². The summed E-state index contributed by atoms with van der Waals surface area (Å²) >= 11 is 5.75. The van der Waals surface area contributed by atoms with Gasteiger partial charge in [0.2, 0.25) is 0 Å². The fraction of sp³-hybridized carbons (Fsp3) is 0.381. The summed E-state index contributed by atoms with van der Waals surface area (Å²) in [5.41, 5.74) is 0.939. The summed E-state index contributed by atoms with van der Waals surface area (Å²) in [5, 5.41) is 6.31. The maximum atomic E-state index is 13.3. The first-order chi connectivity index (χ1) is 13.8. The third kappa shape index (κ3) is 6.06. The smallest absolute Gasteiger partial charge is 0.253 e. The Morgan fingerprint density at radius 3 is 2.37 bits per heavy atom. The molecule has 2 amide bonds. The Labute approximate surface area is 186 Å². The van der Waals surface area contributed by atoms with Crippen LogP contribution in [0.3, 0.4) is 0 Å². The molecular weight excluding hydrogens is 430 g/mol. The first kappa shape index (κ1) is 23.9. The number of hydrogen-bond donors (Lipinski definition) is 2. The number of amides is 2. The number of pyridine rings is 1. The maximum Gasteiger partial charge on any atom is 0.253 e. The van der Waals surface area contributed by atoms with Crippen LogP contribution >= 0.6 is 24.0 Å². The lowest BCUT2D eigenvalue weighted by molar-refractivity contribution is 0.0827. The fourth-order valence-corrected chi connectivity index (χ4v) is 3.58.